The van der Waals surface area contributed by atoms with E-state index in [0.717, 1.165) is 19.1 Å². The summed E-state index contributed by atoms with van der Waals surface area (Å²) in [5.74, 6) is 0.914. The molecule has 2 heteroatoms. The molecule has 0 heterocycles. The second-order valence-electron chi connectivity index (χ2n) is 5.25. The fourth-order valence-corrected chi connectivity index (χ4v) is 2.49. The third kappa shape index (κ3) is 5.31. The molecular weight excluding hydrogens is 198 g/mol. The molecule has 1 rings (SSSR count). The van der Waals surface area contributed by atoms with Gasteiger partial charge in [-0.1, -0.05) is 33.1 Å². The van der Waals surface area contributed by atoms with Gasteiger partial charge < -0.3 is 10.1 Å². The SMILES string of the molecule is CCCNC(C)COC1CCCC(CC)C1. The second kappa shape index (κ2) is 8.08. The lowest BCUT2D eigenvalue weighted by atomic mass is 9.85. The topological polar surface area (TPSA) is 21.3 Å². The first kappa shape index (κ1) is 14.0. The zero-order chi connectivity index (χ0) is 11.8. The van der Waals surface area contributed by atoms with Crippen LogP contribution >= 0.6 is 0 Å². The van der Waals surface area contributed by atoms with Crippen LogP contribution in [0.1, 0.15) is 59.3 Å². The second-order valence-corrected chi connectivity index (χ2v) is 5.25. The maximum absolute atomic E-state index is 6.01. The van der Waals surface area contributed by atoms with E-state index in [1.54, 1.807) is 0 Å². The van der Waals surface area contributed by atoms with Crippen LogP contribution in [0.2, 0.25) is 0 Å². The van der Waals surface area contributed by atoms with Crippen LogP contribution in [0.15, 0.2) is 0 Å². The van der Waals surface area contributed by atoms with E-state index in [2.05, 4.69) is 26.1 Å². The minimum atomic E-state index is 0.502. The Hall–Kier alpha value is -0.0800. The van der Waals surface area contributed by atoms with E-state index in [-0.39, 0.29) is 0 Å². The molecule has 3 atom stereocenters. The van der Waals surface area contributed by atoms with Crippen molar-refractivity contribution >= 4 is 0 Å². The van der Waals surface area contributed by atoms with Crippen molar-refractivity contribution in [3.63, 3.8) is 0 Å². The summed E-state index contributed by atoms with van der Waals surface area (Å²) in [6.07, 6.45) is 8.40. The van der Waals surface area contributed by atoms with Crippen LogP contribution in [-0.2, 0) is 4.74 Å². The summed E-state index contributed by atoms with van der Waals surface area (Å²) < 4.78 is 6.01. The Morgan fingerprint density at radius 3 is 2.81 bits per heavy atom. The van der Waals surface area contributed by atoms with Gasteiger partial charge in [-0.2, -0.15) is 0 Å². The van der Waals surface area contributed by atoms with E-state index in [1.807, 2.05) is 0 Å². The molecule has 0 amide bonds. The number of nitrogens with one attached hydrogen (secondary N) is 1. The molecule has 1 aliphatic carbocycles. The van der Waals surface area contributed by atoms with Crippen molar-refractivity contribution in [2.75, 3.05) is 13.2 Å². The number of hydrogen-bond donors (Lipinski definition) is 1. The summed E-state index contributed by atoms with van der Waals surface area (Å²) in [6.45, 7) is 8.70. The highest BCUT2D eigenvalue weighted by atomic mass is 16.5. The van der Waals surface area contributed by atoms with Crippen molar-refractivity contribution in [1.82, 2.24) is 5.32 Å². The first-order valence-corrected chi connectivity index (χ1v) is 7.11. The zero-order valence-corrected chi connectivity index (χ0v) is 11.3. The van der Waals surface area contributed by atoms with Crippen molar-refractivity contribution in [3.8, 4) is 0 Å². The molecule has 96 valence electrons. The molecule has 1 fully saturated rings. The quantitative estimate of drug-likeness (QED) is 0.720. The predicted octanol–water partition coefficient (Wildman–Crippen LogP) is 3.36. The Kier molecular flexibility index (Phi) is 7.06. The van der Waals surface area contributed by atoms with Gasteiger partial charge in [-0.05, 0) is 38.6 Å². The van der Waals surface area contributed by atoms with Gasteiger partial charge in [0.05, 0.1) is 12.7 Å². The molecule has 1 aliphatic rings. The van der Waals surface area contributed by atoms with Crippen molar-refractivity contribution in [2.45, 2.75) is 71.4 Å². The molecule has 0 aromatic carbocycles. The minimum absolute atomic E-state index is 0.502. The normalized spacial score (nSPS) is 27.9. The highest BCUT2D eigenvalue weighted by Gasteiger charge is 2.21. The molecule has 16 heavy (non-hydrogen) atoms. The lowest BCUT2D eigenvalue weighted by Gasteiger charge is -2.29. The van der Waals surface area contributed by atoms with Crippen LogP contribution in [0.5, 0.6) is 0 Å². The van der Waals surface area contributed by atoms with Gasteiger partial charge in [0.2, 0.25) is 0 Å². The fraction of sp³-hybridized carbons (Fsp3) is 1.00. The molecule has 1 N–H and O–H groups in total. The molecule has 0 radical (unpaired) electrons. The van der Waals surface area contributed by atoms with Crippen molar-refractivity contribution < 1.29 is 4.74 Å². The molecule has 2 nitrogen and oxygen atoms in total. The average Bonchev–Trinajstić information content (AvgIpc) is 2.34. The summed E-state index contributed by atoms with van der Waals surface area (Å²) in [5, 5.41) is 3.47. The molecule has 0 saturated heterocycles. The Morgan fingerprint density at radius 1 is 1.31 bits per heavy atom. The van der Waals surface area contributed by atoms with Gasteiger partial charge in [-0.25, -0.2) is 0 Å². The Labute approximate surface area is 101 Å². The van der Waals surface area contributed by atoms with E-state index in [9.17, 15) is 0 Å². The summed E-state index contributed by atoms with van der Waals surface area (Å²) in [6, 6.07) is 0.502. The third-order valence-corrected chi connectivity index (χ3v) is 3.64. The molecule has 0 bridgehead atoms. The average molecular weight is 227 g/mol. The van der Waals surface area contributed by atoms with Gasteiger partial charge in [0.1, 0.15) is 0 Å². The lowest BCUT2D eigenvalue weighted by Crippen LogP contribution is -2.34. The first-order chi connectivity index (χ1) is 7.76. The van der Waals surface area contributed by atoms with Gasteiger partial charge >= 0.3 is 0 Å². The predicted molar refractivity (Wildman–Crippen MR) is 69.7 cm³/mol. The fourth-order valence-electron chi connectivity index (χ4n) is 2.49. The molecule has 1 saturated carbocycles. The first-order valence-electron chi connectivity index (χ1n) is 7.11. The maximum Gasteiger partial charge on any atom is 0.0620 e. The highest BCUT2D eigenvalue weighted by Crippen LogP contribution is 2.28. The van der Waals surface area contributed by atoms with Gasteiger partial charge in [0.25, 0.3) is 0 Å². The monoisotopic (exact) mass is 227 g/mol. The van der Waals surface area contributed by atoms with Crippen LogP contribution in [0.4, 0.5) is 0 Å². The van der Waals surface area contributed by atoms with Crippen LogP contribution in [0.25, 0.3) is 0 Å². The van der Waals surface area contributed by atoms with Crippen LogP contribution in [0, 0.1) is 5.92 Å². The van der Waals surface area contributed by atoms with E-state index in [1.165, 1.54) is 38.5 Å². The number of ether oxygens (including phenoxy) is 1. The van der Waals surface area contributed by atoms with Crippen LogP contribution in [0.3, 0.4) is 0 Å². The van der Waals surface area contributed by atoms with Crippen LogP contribution in [-0.4, -0.2) is 25.3 Å². The lowest BCUT2D eigenvalue weighted by molar-refractivity contribution is 0.00370. The molecule has 3 unspecified atom stereocenters. The highest BCUT2D eigenvalue weighted by molar-refractivity contribution is 4.73. The van der Waals surface area contributed by atoms with Gasteiger partial charge in [0.15, 0.2) is 0 Å². The summed E-state index contributed by atoms with van der Waals surface area (Å²) in [4.78, 5) is 0. The standard InChI is InChI=1S/C14H29NO/c1-4-9-15-12(3)11-16-14-8-6-7-13(5-2)10-14/h12-15H,4-11H2,1-3H3. The van der Waals surface area contributed by atoms with E-state index < -0.39 is 0 Å². The third-order valence-electron chi connectivity index (χ3n) is 3.64. The minimum Gasteiger partial charge on any atom is -0.377 e. The number of hydrogen-bond acceptors (Lipinski definition) is 2. The zero-order valence-electron chi connectivity index (χ0n) is 11.3. The molecule has 0 aromatic rings. The van der Waals surface area contributed by atoms with Crippen LogP contribution < -0.4 is 5.32 Å². The Balaban J connectivity index is 2.11. The molecular formula is C14H29NO. The summed E-state index contributed by atoms with van der Waals surface area (Å²) in [7, 11) is 0. The maximum atomic E-state index is 6.01. The van der Waals surface area contributed by atoms with Gasteiger partial charge in [-0.15, -0.1) is 0 Å². The Bertz CT molecular complexity index is 172. The molecule has 0 spiro atoms. The smallest absolute Gasteiger partial charge is 0.0620 e. The van der Waals surface area contributed by atoms with Crippen molar-refractivity contribution in [3.05, 3.63) is 0 Å². The van der Waals surface area contributed by atoms with E-state index in [0.29, 0.717) is 12.1 Å². The molecule has 0 aromatic heterocycles. The van der Waals surface area contributed by atoms with E-state index >= 15 is 0 Å². The summed E-state index contributed by atoms with van der Waals surface area (Å²) in [5.41, 5.74) is 0. The van der Waals surface area contributed by atoms with Crippen molar-refractivity contribution in [1.29, 1.82) is 0 Å². The van der Waals surface area contributed by atoms with Crippen molar-refractivity contribution in [2.24, 2.45) is 5.92 Å². The largest absolute Gasteiger partial charge is 0.377 e. The molecule has 0 aliphatic heterocycles. The summed E-state index contributed by atoms with van der Waals surface area (Å²) >= 11 is 0. The Morgan fingerprint density at radius 2 is 2.12 bits per heavy atom. The number of rotatable bonds is 7. The van der Waals surface area contributed by atoms with E-state index in [4.69, 9.17) is 4.74 Å². The van der Waals surface area contributed by atoms with Gasteiger partial charge in [0, 0.05) is 6.04 Å². The van der Waals surface area contributed by atoms with Gasteiger partial charge in [-0.3, -0.25) is 0 Å².